The second-order valence-corrected chi connectivity index (χ2v) is 3.90. The number of hydrogen-bond acceptors (Lipinski definition) is 5. The van der Waals surface area contributed by atoms with Crippen LogP contribution in [0.15, 0.2) is 12.4 Å². The Balaban J connectivity index is 2.01. The Labute approximate surface area is 103 Å². The Morgan fingerprint density at radius 3 is 2.72 bits per heavy atom. The van der Waals surface area contributed by atoms with Crippen molar-refractivity contribution in [3.63, 3.8) is 0 Å². The Hall–Kier alpha value is -2.02. The summed E-state index contributed by atoms with van der Waals surface area (Å²) in [6.07, 6.45) is 4.39. The number of rotatable bonds is 4. The van der Waals surface area contributed by atoms with Gasteiger partial charge in [-0.25, -0.2) is 14.8 Å². The van der Waals surface area contributed by atoms with Gasteiger partial charge in [0.05, 0.1) is 6.10 Å². The number of aromatic nitrogens is 2. The lowest BCUT2D eigenvalue weighted by Gasteiger charge is -2.10. The topological polar surface area (TPSA) is 101 Å². The van der Waals surface area contributed by atoms with Gasteiger partial charge >= 0.3 is 5.97 Å². The summed E-state index contributed by atoms with van der Waals surface area (Å²) in [5.41, 5.74) is -0.523. The third kappa shape index (κ3) is 2.80. The van der Waals surface area contributed by atoms with Gasteiger partial charge in [-0.1, -0.05) is 0 Å². The summed E-state index contributed by atoms with van der Waals surface area (Å²) >= 11 is 0. The summed E-state index contributed by atoms with van der Waals surface area (Å²) < 4.78 is 5.35. The van der Waals surface area contributed by atoms with Gasteiger partial charge in [0, 0.05) is 25.5 Å². The first-order valence-corrected chi connectivity index (χ1v) is 5.62. The summed E-state index contributed by atoms with van der Waals surface area (Å²) in [7, 11) is 0. The quantitative estimate of drug-likeness (QED) is 0.786. The highest BCUT2D eigenvalue weighted by Gasteiger charge is 2.21. The number of aromatic carboxylic acids is 1. The van der Waals surface area contributed by atoms with Gasteiger partial charge in [-0.05, 0) is 12.8 Å². The predicted octanol–water partition coefficient (Wildman–Crippen LogP) is 0.0836. The van der Waals surface area contributed by atoms with Crippen LogP contribution in [0.4, 0.5) is 0 Å². The molecule has 2 rings (SSSR count). The fourth-order valence-corrected chi connectivity index (χ4v) is 1.76. The molecule has 1 aromatic heterocycles. The smallest absolute Gasteiger partial charge is 0.356 e. The lowest BCUT2D eigenvalue weighted by atomic mass is 10.2. The highest BCUT2D eigenvalue weighted by atomic mass is 16.5. The Bertz CT molecular complexity index is 457. The van der Waals surface area contributed by atoms with Crippen molar-refractivity contribution < 1.29 is 19.4 Å². The van der Waals surface area contributed by atoms with E-state index in [4.69, 9.17) is 9.84 Å². The van der Waals surface area contributed by atoms with Crippen LogP contribution in [0.2, 0.25) is 0 Å². The van der Waals surface area contributed by atoms with Crippen molar-refractivity contribution in [2.24, 2.45) is 0 Å². The number of hydrogen-bond donors (Lipinski definition) is 2. The molecule has 0 aromatic carbocycles. The molecule has 2 N–H and O–H groups in total. The van der Waals surface area contributed by atoms with E-state index in [0.29, 0.717) is 13.2 Å². The SMILES string of the molecule is O=C(O)c1nccnc1C(=O)NCC1CCCO1. The van der Waals surface area contributed by atoms with Crippen molar-refractivity contribution in [1.82, 2.24) is 15.3 Å². The molecule has 96 valence electrons. The zero-order valence-electron chi connectivity index (χ0n) is 9.63. The van der Waals surface area contributed by atoms with Crippen molar-refractivity contribution in [3.8, 4) is 0 Å². The average Bonchev–Trinajstić information content (AvgIpc) is 2.89. The lowest BCUT2D eigenvalue weighted by Crippen LogP contribution is -2.33. The van der Waals surface area contributed by atoms with Crippen molar-refractivity contribution in [1.29, 1.82) is 0 Å². The molecule has 1 aromatic rings. The van der Waals surface area contributed by atoms with E-state index in [1.807, 2.05) is 0 Å². The number of nitrogens with zero attached hydrogens (tertiary/aromatic N) is 2. The van der Waals surface area contributed by atoms with Crippen LogP contribution in [0.25, 0.3) is 0 Å². The van der Waals surface area contributed by atoms with Gasteiger partial charge in [0.1, 0.15) is 0 Å². The molecule has 0 saturated carbocycles. The average molecular weight is 251 g/mol. The number of carbonyl (C=O) groups is 2. The van der Waals surface area contributed by atoms with Crippen LogP contribution in [0, 0.1) is 0 Å². The fraction of sp³-hybridized carbons (Fsp3) is 0.455. The minimum atomic E-state index is -1.27. The van der Waals surface area contributed by atoms with Crippen LogP contribution < -0.4 is 5.32 Å². The normalized spacial score (nSPS) is 18.6. The molecule has 0 radical (unpaired) electrons. The highest BCUT2D eigenvalue weighted by molar-refractivity contribution is 6.01. The van der Waals surface area contributed by atoms with Crippen molar-refractivity contribution in [3.05, 3.63) is 23.8 Å². The zero-order chi connectivity index (χ0) is 13.0. The molecular formula is C11H13N3O4. The number of ether oxygens (including phenoxy) is 1. The van der Waals surface area contributed by atoms with E-state index in [2.05, 4.69) is 15.3 Å². The summed E-state index contributed by atoms with van der Waals surface area (Å²) in [6, 6.07) is 0. The molecule has 1 unspecified atom stereocenters. The molecule has 1 aliphatic heterocycles. The van der Waals surface area contributed by atoms with E-state index in [-0.39, 0.29) is 17.5 Å². The number of carboxylic acids is 1. The van der Waals surface area contributed by atoms with E-state index in [1.165, 1.54) is 12.4 Å². The summed E-state index contributed by atoms with van der Waals surface area (Å²) in [5, 5.41) is 11.5. The maximum Gasteiger partial charge on any atom is 0.356 e. The van der Waals surface area contributed by atoms with Crippen molar-refractivity contribution in [2.75, 3.05) is 13.2 Å². The van der Waals surface area contributed by atoms with Crippen molar-refractivity contribution >= 4 is 11.9 Å². The van der Waals surface area contributed by atoms with Gasteiger partial charge in [-0.15, -0.1) is 0 Å². The minimum Gasteiger partial charge on any atom is -0.476 e. The third-order valence-electron chi connectivity index (χ3n) is 2.63. The first-order chi connectivity index (χ1) is 8.68. The van der Waals surface area contributed by atoms with Gasteiger partial charge in [-0.2, -0.15) is 0 Å². The Morgan fingerprint density at radius 1 is 1.39 bits per heavy atom. The van der Waals surface area contributed by atoms with Crippen LogP contribution >= 0.6 is 0 Å². The van der Waals surface area contributed by atoms with Gasteiger partial charge in [0.2, 0.25) is 0 Å². The molecule has 18 heavy (non-hydrogen) atoms. The van der Waals surface area contributed by atoms with Gasteiger partial charge in [0.15, 0.2) is 11.4 Å². The standard InChI is InChI=1S/C11H13N3O4/c15-10(14-6-7-2-1-5-18-7)8-9(11(16)17)13-4-3-12-8/h3-4,7H,1-2,5-6H2,(H,14,15)(H,16,17). The van der Waals surface area contributed by atoms with Crippen LogP contribution in [0.5, 0.6) is 0 Å². The summed E-state index contributed by atoms with van der Waals surface area (Å²) in [6.45, 7) is 1.06. The number of amides is 1. The highest BCUT2D eigenvalue weighted by Crippen LogP contribution is 2.11. The monoisotopic (exact) mass is 251 g/mol. The Morgan fingerprint density at radius 2 is 2.11 bits per heavy atom. The predicted molar refractivity (Wildman–Crippen MR) is 60.3 cm³/mol. The van der Waals surface area contributed by atoms with E-state index >= 15 is 0 Å². The number of carbonyl (C=O) groups excluding carboxylic acids is 1. The summed E-state index contributed by atoms with van der Waals surface area (Å²) in [5.74, 6) is -1.82. The molecule has 0 bridgehead atoms. The molecule has 1 amide bonds. The first kappa shape index (κ1) is 12.4. The number of carboxylic acid groups (broad SMARTS) is 1. The minimum absolute atomic E-state index is 0.00102. The van der Waals surface area contributed by atoms with Crippen LogP contribution in [-0.4, -0.2) is 46.2 Å². The molecule has 1 aliphatic rings. The lowest BCUT2D eigenvalue weighted by molar-refractivity contribution is 0.0681. The second-order valence-electron chi connectivity index (χ2n) is 3.90. The molecule has 0 spiro atoms. The van der Waals surface area contributed by atoms with E-state index in [9.17, 15) is 9.59 Å². The van der Waals surface area contributed by atoms with E-state index in [0.717, 1.165) is 12.8 Å². The first-order valence-electron chi connectivity index (χ1n) is 5.62. The third-order valence-corrected chi connectivity index (χ3v) is 2.63. The van der Waals surface area contributed by atoms with Gasteiger partial charge in [0.25, 0.3) is 5.91 Å². The van der Waals surface area contributed by atoms with Crippen molar-refractivity contribution in [2.45, 2.75) is 18.9 Å². The fourth-order valence-electron chi connectivity index (χ4n) is 1.76. The van der Waals surface area contributed by atoms with E-state index in [1.54, 1.807) is 0 Å². The molecule has 7 nitrogen and oxygen atoms in total. The second kappa shape index (κ2) is 5.54. The van der Waals surface area contributed by atoms with Gasteiger partial charge < -0.3 is 15.2 Å². The van der Waals surface area contributed by atoms with Gasteiger partial charge in [-0.3, -0.25) is 4.79 Å². The Kier molecular flexibility index (Phi) is 3.83. The largest absolute Gasteiger partial charge is 0.476 e. The maximum atomic E-state index is 11.8. The molecule has 2 heterocycles. The molecule has 7 heteroatoms. The van der Waals surface area contributed by atoms with E-state index < -0.39 is 11.9 Å². The van der Waals surface area contributed by atoms with Crippen LogP contribution in [0.1, 0.15) is 33.8 Å². The maximum absolute atomic E-state index is 11.8. The zero-order valence-corrected chi connectivity index (χ0v) is 9.63. The van der Waals surface area contributed by atoms with Crippen LogP contribution in [-0.2, 0) is 4.74 Å². The number of nitrogens with one attached hydrogen (secondary N) is 1. The molecular weight excluding hydrogens is 238 g/mol. The van der Waals surface area contributed by atoms with Crippen LogP contribution in [0.3, 0.4) is 0 Å². The molecule has 1 saturated heterocycles. The molecule has 1 atom stereocenters. The molecule has 1 fully saturated rings. The molecule has 0 aliphatic carbocycles. The summed E-state index contributed by atoms with van der Waals surface area (Å²) in [4.78, 5) is 30.0.